The van der Waals surface area contributed by atoms with E-state index in [-0.39, 0.29) is 18.2 Å². The summed E-state index contributed by atoms with van der Waals surface area (Å²) in [4.78, 5) is 11.7. The fraction of sp³-hybridized carbons (Fsp3) is 0.125. The van der Waals surface area contributed by atoms with Gasteiger partial charge in [-0.3, -0.25) is 4.79 Å². The number of anilines is 1. The highest BCUT2D eigenvalue weighted by molar-refractivity contribution is 14.1. The van der Waals surface area contributed by atoms with Crippen molar-refractivity contribution in [2.75, 3.05) is 11.9 Å². The lowest BCUT2D eigenvalue weighted by Crippen LogP contribution is -2.25. The molecule has 0 aliphatic carbocycles. The van der Waals surface area contributed by atoms with Crippen molar-refractivity contribution in [3.05, 3.63) is 57.2 Å². The number of hydrazone groups is 1. The molecule has 3 N–H and O–H groups in total. The highest BCUT2D eigenvalue weighted by Gasteiger charge is 2.00. The van der Waals surface area contributed by atoms with Crippen molar-refractivity contribution in [3.8, 4) is 5.75 Å². The Bertz CT molecular complexity index is 702. The Balaban J connectivity index is 1.82. The molecular weight excluding hydrogens is 393 g/mol. The molecule has 6 heteroatoms. The van der Waals surface area contributed by atoms with Crippen LogP contribution in [0.15, 0.2) is 47.6 Å². The average Bonchev–Trinajstić information content (AvgIpc) is 2.49. The van der Waals surface area contributed by atoms with Gasteiger partial charge in [0, 0.05) is 5.69 Å². The van der Waals surface area contributed by atoms with Crippen molar-refractivity contribution in [1.82, 2.24) is 5.43 Å². The minimum Gasteiger partial charge on any atom is -0.507 e. The molecule has 0 aliphatic heterocycles. The molecule has 2 aromatic rings. The highest BCUT2D eigenvalue weighted by atomic mass is 127. The zero-order valence-electron chi connectivity index (χ0n) is 12.0. The SMILES string of the molecule is Cc1cccc(NCC(=O)NN=Cc2ccc(O)c(I)c2)c1. The molecule has 0 heterocycles. The molecule has 0 aromatic heterocycles. The molecule has 0 fully saturated rings. The van der Waals surface area contributed by atoms with Crippen molar-refractivity contribution >= 4 is 40.4 Å². The highest BCUT2D eigenvalue weighted by Crippen LogP contribution is 2.19. The first-order chi connectivity index (χ1) is 10.5. The molecule has 1 amide bonds. The predicted molar refractivity (Wildman–Crippen MR) is 96.2 cm³/mol. The zero-order valence-corrected chi connectivity index (χ0v) is 14.2. The molecule has 22 heavy (non-hydrogen) atoms. The number of hydrogen-bond acceptors (Lipinski definition) is 4. The largest absolute Gasteiger partial charge is 0.507 e. The molecule has 0 atom stereocenters. The maximum Gasteiger partial charge on any atom is 0.259 e. The average molecular weight is 409 g/mol. The topological polar surface area (TPSA) is 73.7 Å². The van der Waals surface area contributed by atoms with Gasteiger partial charge >= 0.3 is 0 Å². The second kappa shape index (κ2) is 7.79. The van der Waals surface area contributed by atoms with Crippen molar-refractivity contribution in [3.63, 3.8) is 0 Å². The molecule has 2 aromatic carbocycles. The number of aryl methyl sites for hydroxylation is 1. The van der Waals surface area contributed by atoms with Gasteiger partial charge in [0.15, 0.2) is 0 Å². The minimum absolute atomic E-state index is 0.147. The lowest BCUT2D eigenvalue weighted by molar-refractivity contribution is -0.119. The van der Waals surface area contributed by atoms with Crippen LogP contribution >= 0.6 is 22.6 Å². The summed E-state index contributed by atoms with van der Waals surface area (Å²) in [6.45, 7) is 2.14. The number of hydrogen-bond donors (Lipinski definition) is 3. The van der Waals surface area contributed by atoms with Crippen LogP contribution in [0.2, 0.25) is 0 Å². The molecule has 0 aliphatic rings. The first-order valence-corrected chi connectivity index (χ1v) is 7.73. The number of phenols is 1. The monoisotopic (exact) mass is 409 g/mol. The number of carbonyl (C=O) groups is 1. The lowest BCUT2D eigenvalue weighted by Gasteiger charge is -2.05. The van der Waals surface area contributed by atoms with Crippen LogP contribution in [0, 0.1) is 10.5 Å². The van der Waals surface area contributed by atoms with E-state index in [1.54, 1.807) is 18.2 Å². The van der Waals surface area contributed by atoms with E-state index in [4.69, 9.17) is 0 Å². The van der Waals surface area contributed by atoms with Crippen LogP contribution in [0.25, 0.3) is 0 Å². The molecule has 5 nitrogen and oxygen atoms in total. The number of benzene rings is 2. The van der Waals surface area contributed by atoms with E-state index in [0.29, 0.717) is 0 Å². The van der Waals surface area contributed by atoms with Crippen molar-refractivity contribution in [2.45, 2.75) is 6.92 Å². The number of aromatic hydroxyl groups is 1. The summed E-state index contributed by atoms with van der Waals surface area (Å²) in [5, 5.41) is 16.3. The molecule has 2 rings (SSSR count). The van der Waals surface area contributed by atoms with Crippen LogP contribution in [0.1, 0.15) is 11.1 Å². The van der Waals surface area contributed by atoms with Gasteiger partial charge in [-0.05, 0) is 71.0 Å². The number of phenolic OH excluding ortho intramolecular Hbond substituents is 1. The van der Waals surface area contributed by atoms with Gasteiger partial charge in [-0.25, -0.2) is 5.43 Å². The summed E-state index contributed by atoms with van der Waals surface area (Å²) in [6, 6.07) is 12.9. The molecule has 114 valence electrons. The van der Waals surface area contributed by atoms with Gasteiger partial charge in [0.05, 0.1) is 16.3 Å². The van der Waals surface area contributed by atoms with Crippen molar-refractivity contribution in [2.24, 2.45) is 5.10 Å². The van der Waals surface area contributed by atoms with Crippen LogP contribution in [0.5, 0.6) is 5.75 Å². The standard InChI is InChI=1S/C16H16IN3O2/c1-11-3-2-4-13(7-11)18-10-16(22)20-19-9-12-5-6-15(21)14(17)8-12/h2-9,18,21H,10H2,1H3,(H,20,22). The normalized spacial score (nSPS) is 10.6. The second-order valence-corrected chi connectivity index (χ2v) is 5.89. The Labute approximate surface area is 142 Å². The molecule has 0 bridgehead atoms. The molecule has 0 saturated carbocycles. The smallest absolute Gasteiger partial charge is 0.259 e. The molecular formula is C16H16IN3O2. The fourth-order valence-electron chi connectivity index (χ4n) is 1.76. The zero-order chi connectivity index (χ0) is 15.9. The number of amides is 1. The Morgan fingerprint density at radius 3 is 2.86 bits per heavy atom. The molecule has 0 spiro atoms. The van der Waals surface area contributed by atoms with Gasteiger partial charge in [0.1, 0.15) is 5.75 Å². The number of nitrogens with one attached hydrogen (secondary N) is 2. The number of carbonyl (C=O) groups excluding carboxylic acids is 1. The summed E-state index contributed by atoms with van der Waals surface area (Å²) in [5.74, 6) is -0.00429. The Morgan fingerprint density at radius 1 is 1.32 bits per heavy atom. The van der Waals surface area contributed by atoms with E-state index in [1.807, 2.05) is 53.8 Å². The van der Waals surface area contributed by atoms with Gasteiger partial charge in [0.25, 0.3) is 5.91 Å². The maximum absolute atomic E-state index is 11.7. The summed E-state index contributed by atoms with van der Waals surface area (Å²) >= 11 is 2.03. The number of halogens is 1. The summed E-state index contributed by atoms with van der Waals surface area (Å²) in [5.41, 5.74) is 5.28. The Hall–Kier alpha value is -2.09. The third-order valence-corrected chi connectivity index (χ3v) is 3.71. The van der Waals surface area contributed by atoms with Gasteiger partial charge in [0.2, 0.25) is 0 Å². The van der Waals surface area contributed by atoms with Crippen LogP contribution < -0.4 is 10.7 Å². The van der Waals surface area contributed by atoms with Crippen molar-refractivity contribution < 1.29 is 9.90 Å². The Kier molecular flexibility index (Phi) is 5.76. The van der Waals surface area contributed by atoms with Crippen LogP contribution in [0.4, 0.5) is 5.69 Å². The third-order valence-electron chi connectivity index (χ3n) is 2.85. The number of nitrogens with zero attached hydrogens (tertiary/aromatic N) is 1. The van der Waals surface area contributed by atoms with Crippen LogP contribution in [-0.2, 0) is 4.79 Å². The first kappa shape index (κ1) is 16.3. The quantitative estimate of drug-likeness (QED) is 0.404. The van der Waals surface area contributed by atoms with Gasteiger partial charge in [-0.1, -0.05) is 12.1 Å². The van der Waals surface area contributed by atoms with E-state index in [2.05, 4.69) is 15.8 Å². The molecule has 0 radical (unpaired) electrons. The fourth-order valence-corrected chi connectivity index (χ4v) is 2.30. The minimum atomic E-state index is -0.230. The van der Waals surface area contributed by atoms with Gasteiger partial charge in [-0.2, -0.15) is 5.10 Å². The summed E-state index contributed by atoms with van der Waals surface area (Å²) < 4.78 is 0.731. The van der Waals surface area contributed by atoms with Gasteiger partial charge in [-0.15, -0.1) is 0 Å². The number of rotatable bonds is 5. The lowest BCUT2D eigenvalue weighted by atomic mass is 10.2. The third kappa shape index (κ3) is 5.03. The second-order valence-electron chi connectivity index (χ2n) is 4.73. The first-order valence-electron chi connectivity index (χ1n) is 6.65. The van der Waals surface area contributed by atoms with E-state index < -0.39 is 0 Å². The maximum atomic E-state index is 11.7. The van der Waals surface area contributed by atoms with Crippen LogP contribution in [-0.4, -0.2) is 23.8 Å². The summed E-state index contributed by atoms with van der Waals surface area (Å²) in [6.07, 6.45) is 1.53. The molecule has 0 unspecified atom stereocenters. The van der Waals surface area contributed by atoms with Gasteiger partial charge < -0.3 is 10.4 Å². The molecule has 0 saturated heterocycles. The van der Waals surface area contributed by atoms with Crippen molar-refractivity contribution in [1.29, 1.82) is 0 Å². The Morgan fingerprint density at radius 2 is 2.14 bits per heavy atom. The van der Waals surface area contributed by atoms with E-state index in [0.717, 1.165) is 20.4 Å². The predicted octanol–water partition coefficient (Wildman–Crippen LogP) is 2.87. The summed E-state index contributed by atoms with van der Waals surface area (Å²) in [7, 11) is 0. The van der Waals surface area contributed by atoms with E-state index in [9.17, 15) is 9.90 Å². The van der Waals surface area contributed by atoms with E-state index in [1.165, 1.54) is 6.21 Å². The van der Waals surface area contributed by atoms with E-state index >= 15 is 0 Å². The van der Waals surface area contributed by atoms with Crippen LogP contribution in [0.3, 0.4) is 0 Å².